The van der Waals surface area contributed by atoms with Gasteiger partial charge in [0.15, 0.2) is 5.69 Å². The van der Waals surface area contributed by atoms with Crippen LogP contribution in [0.15, 0.2) is 30.5 Å². The molecule has 2 heterocycles. The van der Waals surface area contributed by atoms with E-state index in [0.29, 0.717) is 29.7 Å². The number of nitriles is 1. The first-order valence-electron chi connectivity index (χ1n) is 9.99. The van der Waals surface area contributed by atoms with Crippen LogP contribution < -0.4 is 5.32 Å². The average Bonchev–Trinajstić information content (AvgIpc) is 3.21. The molecule has 0 spiro atoms. The molecule has 1 N–H and O–H groups in total. The molecule has 190 valence electrons. The Morgan fingerprint density at radius 3 is 2.39 bits per heavy atom. The number of benzene rings is 1. The van der Waals surface area contributed by atoms with Gasteiger partial charge in [-0.2, -0.15) is 45.5 Å². The summed E-state index contributed by atoms with van der Waals surface area (Å²) in [6.07, 6.45) is -9.82. The van der Waals surface area contributed by atoms with Crippen LogP contribution in [0.5, 0.6) is 0 Å². The van der Waals surface area contributed by atoms with Crippen molar-refractivity contribution in [3.8, 4) is 27.2 Å². The van der Waals surface area contributed by atoms with Gasteiger partial charge in [0, 0.05) is 18.8 Å². The number of nitrogens with one attached hydrogen (secondary N) is 1. The minimum absolute atomic E-state index is 0.146. The summed E-state index contributed by atoms with van der Waals surface area (Å²) in [6, 6.07) is 7.81. The van der Waals surface area contributed by atoms with Gasteiger partial charge in [-0.1, -0.05) is 12.1 Å². The van der Waals surface area contributed by atoms with E-state index >= 15 is 0 Å². The van der Waals surface area contributed by atoms with E-state index in [0.717, 1.165) is 13.2 Å². The lowest BCUT2D eigenvalue weighted by Crippen LogP contribution is -2.36. The van der Waals surface area contributed by atoms with Crippen molar-refractivity contribution >= 4 is 17.2 Å². The molecule has 1 fully saturated rings. The molecular weight excluding hydrogens is 522 g/mol. The second-order valence-corrected chi connectivity index (χ2v) is 9.05. The van der Waals surface area contributed by atoms with Crippen molar-refractivity contribution in [3.63, 3.8) is 0 Å². The number of thiazole rings is 1. The first-order chi connectivity index (χ1) is 16.6. The normalized spacial score (nSPS) is 15.4. The molecule has 3 aromatic rings. The standard InChI is InChI=1S/C21H13F8N5OS/c1-34-14(13(20(24,25)26)15(33-34)19(22,23)21(27,28)29)17-31-8-12(36-17)10-3-2-4-11(7-10)16(35)32-18(9-30)5-6-18/h2-4,7-8H,5-6H2,1H3,(H,32,35). The number of rotatable bonds is 5. The summed E-state index contributed by atoms with van der Waals surface area (Å²) in [5.41, 5.74) is -6.24. The number of carbonyl (C=O) groups is 1. The summed E-state index contributed by atoms with van der Waals surface area (Å²) < 4.78 is 108. The molecule has 4 rings (SSSR count). The number of hydrogen-bond acceptors (Lipinski definition) is 5. The summed E-state index contributed by atoms with van der Waals surface area (Å²) >= 11 is 0.583. The highest BCUT2D eigenvalue weighted by Crippen LogP contribution is 2.50. The molecule has 1 saturated carbocycles. The number of halogens is 8. The Labute approximate surface area is 201 Å². The van der Waals surface area contributed by atoms with Gasteiger partial charge in [-0.25, -0.2) is 4.98 Å². The van der Waals surface area contributed by atoms with Gasteiger partial charge >= 0.3 is 18.3 Å². The summed E-state index contributed by atoms with van der Waals surface area (Å²) in [6.45, 7) is 0. The molecule has 0 aliphatic heterocycles. The molecule has 0 unspecified atom stereocenters. The number of aryl methyl sites for hydroxylation is 1. The number of hydrogen-bond donors (Lipinski definition) is 1. The molecule has 1 amide bonds. The van der Waals surface area contributed by atoms with Crippen LogP contribution >= 0.6 is 11.3 Å². The molecule has 1 aliphatic rings. The molecule has 1 aromatic carbocycles. The van der Waals surface area contributed by atoms with Crippen LogP contribution in [0.2, 0.25) is 0 Å². The predicted octanol–water partition coefficient (Wildman–Crippen LogP) is 5.67. The van der Waals surface area contributed by atoms with Crippen LogP contribution in [0, 0.1) is 11.3 Å². The lowest BCUT2D eigenvalue weighted by molar-refractivity contribution is -0.292. The quantitative estimate of drug-likeness (QED) is 0.427. The SMILES string of the molecule is Cn1nc(C(F)(F)C(F)(F)F)c(C(F)(F)F)c1-c1ncc(-c2cccc(C(=O)NC3(C#N)CC3)c2)s1. The van der Waals surface area contributed by atoms with E-state index in [1.807, 2.05) is 6.07 Å². The average molecular weight is 535 g/mol. The second-order valence-electron chi connectivity index (χ2n) is 8.02. The van der Waals surface area contributed by atoms with Crippen LogP contribution in [0.4, 0.5) is 35.1 Å². The number of aromatic nitrogens is 3. The summed E-state index contributed by atoms with van der Waals surface area (Å²) in [7, 11) is 0.801. The van der Waals surface area contributed by atoms with Crippen LogP contribution in [-0.2, 0) is 19.1 Å². The Morgan fingerprint density at radius 2 is 1.83 bits per heavy atom. The van der Waals surface area contributed by atoms with Crippen molar-refractivity contribution in [2.75, 3.05) is 0 Å². The Balaban J connectivity index is 1.74. The van der Waals surface area contributed by atoms with Gasteiger partial charge in [0.2, 0.25) is 0 Å². The molecule has 2 aromatic heterocycles. The molecule has 0 radical (unpaired) electrons. The number of nitrogens with zero attached hydrogens (tertiary/aromatic N) is 4. The monoisotopic (exact) mass is 535 g/mol. The Hall–Kier alpha value is -3.54. The van der Waals surface area contributed by atoms with Gasteiger partial charge in [0.1, 0.15) is 21.8 Å². The molecule has 6 nitrogen and oxygen atoms in total. The van der Waals surface area contributed by atoms with Crippen LogP contribution in [0.3, 0.4) is 0 Å². The lowest BCUT2D eigenvalue weighted by Gasteiger charge is -2.19. The number of amides is 1. The maximum atomic E-state index is 13.9. The van der Waals surface area contributed by atoms with Gasteiger partial charge < -0.3 is 5.32 Å². The van der Waals surface area contributed by atoms with Crippen LogP contribution in [0.1, 0.15) is 34.5 Å². The maximum absolute atomic E-state index is 13.9. The second kappa shape index (κ2) is 8.26. The van der Waals surface area contributed by atoms with E-state index in [2.05, 4.69) is 15.4 Å². The minimum Gasteiger partial charge on any atom is -0.334 e. The molecule has 0 saturated heterocycles. The summed E-state index contributed by atoms with van der Waals surface area (Å²) in [5, 5.41) is 14.1. The highest BCUT2D eigenvalue weighted by atomic mass is 32.1. The maximum Gasteiger partial charge on any atom is 0.459 e. The summed E-state index contributed by atoms with van der Waals surface area (Å²) in [4.78, 5) is 16.5. The fourth-order valence-corrected chi connectivity index (χ4v) is 4.40. The third-order valence-corrected chi connectivity index (χ3v) is 6.47. The Kier molecular flexibility index (Phi) is 5.86. The first-order valence-corrected chi connectivity index (χ1v) is 10.8. The molecule has 0 atom stereocenters. The largest absolute Gasteiger partial charge is 0.459 e. The van der Waals surface area contributed by atoms with Crippen molar-refractivity contribution in [3.05, 3.63) is 47.3 Å². The van der Waals surface area contributed by atoms with Crippen LogP contribution in [-0.4, -0.2) is 32.4 Å². The topological polar surface area (TPSA) is 83.6 Å². The fraction of sp³-hybridized carbons (Fsp3) is 0.333. The molecule has 0 bridgehead atoms. The summed E-state index contributed by atoms with van der Waals surface area (Å²) in [5.74, 6) is -6.41. The van der Waals surface area contributed by atoms with Crippen LogP contribution in [0.25, 0.3) is 21.1 Å². The van der Waals surface area contributed by atoms with E-state index in [-0.39, 0.29) is 15.1 Å². The third kappa shape index (κ3) is 4.41. The Bertz CT molecular complexity index is 1380. The van der Waals surface area contributed by atoms with E-state index in [9.17, 15) is 39.9 Å². The molecule has 36 heavy (non-hydrogen) atoms. The fourth-order valence-electron chi connectivity index (χ4n) is 3.40. The van der Waals surface area contributed by atoms with Crippen molar-refractivity contribution in [2.24, 2.45) is 7.05 Å². The van der Waals surface area contributed by atoms with E-state index in [1.54, 1.807) is 0 Å². The highest BCUT2D eigenvalue weighted by Gasteiger charge is 2.64. The Morgan fingerprint density at radius 1 is 1.17 bits per heavy atom. The smallest absolute Gasteiger partial charge is 0.334 e. The lowest BCUT2D eigenvalue weighted by atomic mass is 10.1. The van der Waals surface area contributed by atoms with Crippen molar-refractivity contribution in [2.45, 2.75) is 36.7 Å². The third-order valence-electron chi connectivity index (χ3n) is 5.42. The number of carbonyl (C=O) groups excluding carboxylic acids is 1. The first kappa shape index (κ1) is 25.5. The predicted molar refractivity (Wildman–Crippen MR) is 110 cm³/mol. The molecule has 15 heteroatoms. The van der Waals surface area contributed by atoms with Gasteiger partial charge in [-0.3, -0.25) is 9.48 Å². The van der Waals surface area contributed by atoms with Crippen molar-refractivity contribution in [1.82, 2.24) is 20.1 Å². The van der Waals surface area contributed by atoms with Gasteiger partial charge in [0.05, 0.1) is 10.9 Å². The zero-order valence-corrected chi connectivity index (χ0v) is 18.7. The van der Waals surface area contributed by atoms with E-state index in [4.69, 9.17) is 5.26 Å². The molecule has 1 aliphatic carbocycles. The van der Waals surface area contributed by atoms with Crippen molar-refractivity contribution in [1.29, 1.82) is 5.26 Å². The number of alkyl halides is 8. The van der Waals surface area contributed by atoms with E-state index in [1.165, 1.54) is 24.3 Å². The van der Waals surface area contributed by atoms with Gasteiger partial charge in [-0.15, -0.1) is 11.3 Å². The zero-order valence-electron chi connectivity index (χ0n) is 17.9. The molecular formula is C21H13F8N5OS. The van der Waals surface area contributed by atoms with E-state index < -0.39 is 51.7 Å². The van der Waals surface area contributed by atoms with Crippen molar-refractivity contribution < 1.29 is 39.9 Å². The minimum atomic E-state index is -6.31. The highest BCUT2D eigenvalue weighted by molar-refractivity contribution is 7.18. The van der Waals surface area contributed by atoms with Gasteiger partial charge in [0.25, 0.3) is 5.91 Å². The zero-order chi connectivity index (χ0) is 26.7. The van der Waals surface area contributed by atoms with Gasteiger partial charge in [-0.05, 0) is 30.5 Å².